The molecule has 0 atom stereocenters. The molecule has 0 heterocycles. The Labute approximate surface area is 94.7 Å². The molecular weight excluding hydrogens is 204 g/mol. The average Bonchev–Trinajstić information content (AvgIpc) is 2.26. The van der Waals surface area contributed by atoms with E-state index in [-0.39, 0.29) is 5.84 Å². The number of oxime groups is 1. The predicted octanol–water partition coefficient (Wildman–Crippen LogP) is 1.85. The number of ether oxygens (including phenoxy) is 1. The molecule has 4 nitrogen and oxygen atoms in total. The molecular formula is C12H16N2O2. The van der Waals surface area contributed by atoms with Crippen LogP contribution in [-0.2, 0) is 11.3 Å². The molecule has 3 N–H and O–H groups in total. The summed E-state index contributed by atoms with van der Waals surface area (Å²) in [6.45, 7) is 0.594. The summed E-state index contributed by atoms with van der Waals surface area (Å²) in [5.41, 5.74) is 7.29. The van der Waals surface area contributed by atoms with Gasteiger partial charge in [-0.05, 0) is 30.9 Å². The van der Waals surface area contributed by atoms with E-state index in [1.165, 1.54) is 19.3 Å². The highest BCUT2D eigenvalue weighted by atomic mass is 16.5. The summed E-state index contributed by atoms with van der Waals surface area (Å²) in [6.07, 6.45) is 4.03. The van der Waals surface area contributed by atoms with E-state index in [0.717, 1.165) is 11.1 Å². The molecule has 4 heteroatoms. The van der Waals surface area contributed by atoms with Crippen LogP contribution in [0.3, 0.4) is 0 Å². The number of amidine groups is 1. The first-order valence-corrected chi connectivity index (χ1v) is 5.48. The fourth-order valence-electron chi connectivity index (χ4n) is 1.63. The zero-order valence-corrected chi connectivity index (χ0v) is 9.10. The second-order valence-corrected chi connectivity index (χ2v) is 4.05. The molecule has 0 bridgehead atoms. The number of hydrogen-bond donors (Lipinski definition) is 2. The minimum absolute atomic E-state index is 0.130. The molecule has 0 aromatic heterocycles. The highest BCUT2D eigenvalue weighted by molar-refractivity contribution is 5.97. The van der Waals surface area contributed by atoms with Crippen LogP contribution in [0.25, 0.3) is 0 Å². The summed E-state index contributed by atoms with van der Waals surface area (Å²) in [6, 6.07) is 7.55. The molecule has 2 rings (SSSR count). The van der Waals surface area contributed by atoms with Gasteiger partial charge in [-0.15, -0.1) is 0 Å². The van der Waals surface area contributed by atoms with Crippen LogP contribution in [-0.4, -0.2) is 17.1 Å². The first-order chi connectivity index (χ1) is 7.79. The van der Waals surface area contributed by atoms with Crippen molar-refractivity contribution in [3.05, 3.63) is 35.4 Å². The summed E-state index contributed by atoms with van der Waals surface area (Å²) in [5.74, 6) is 0.130. The lowest BCUT2D eigenvalue weighted by Crippen LogP contribution is -2.21. The van der Waals surface area contributed by atoms with Crippen molar-refractivity contribution in [2.75, 3.05) is 0 Å². The first kappa shape index (κ1) is 11.0. The summed E-state index contributed by atoms with van der Waals surface area (Å²) in [4.78, 5) is 0. The molecule has 0 spiro atoms. The lowest BCUT2D eigenvalue weighted by molar-refractivity contribution is -0.00866. The fraction of sp³-hybridized carbons (Fsp3) is 0.417. The molecule has 0 aliphatic heterocycles. The Morgan fingerprint density at radius 1 is 1.50 bits per heavy atom. The van der Waals surface area contributed by atoms with Crippen LogP contribution in [0.1, 0.15) is 30.4 Å². The smallest absolute Gasteiger partial charge is 0.170 e. The molecule has 16 heavy (non-hydrogen) atoms. The SMILES string of the molecule is NC(=NO)c1cccc(COC2CCC2)c1. The van der Waals surface area contributed by atoms with Crippen molar-refractivity contribution in [3.8, 4) is 0 Å². The molecule has 1 aliphatic carbocycles. The zero-order chi connectivity index (χ0) is 11.4. The monoisotopic (exact) mass is 220 g/mol. The van der Waals surface area contributed by atoms with Crippen LogP contribution in [0.4, 0.5) is 0 Å². The Morgan fingerprint density at radius 2 is 2.31 bits per heavy atom. The largest absolute Gasteiger partial charge is 0.409 e. The van der Waals surface area contributed by atoms with Crippen LogP contribution in [0, 0.1) is 0 Å². The summed E-state index contributed by atoms with van der Waals surface area (Å²) in [5, 5.41) is 11.6. The lowest BCUT2D eigenvalue weighted by Gasteiger charge is -2.25. The van der Waals surface area contributed by atoms with Crippen molar-refractivity contribution in [3.63, 3.8) is 0 Å². The van der Waals surface area contributed by atoms with E-state index < -0.39 is 0 Å². The Hall–Kier alpha value is -1.55. The Morgan fingerprint density at radius 3 is 2.94 bits per heavy atom. The highest BCUT2D eigenvalue weighted by Crippen LogP contribution is 2.23. The van der Waals surface area contributed by atoms with Crippen molar-refractivity contribution >= 4 is 5.84 Å². The van der Waals surface area contributed by atoms with E-state index in [4.69, 9.17) is 15.7 Å². The summed E-state index contributed by atoms with van der Waals surface area (Å²) < 4.78 is 5.69. The standard InChI is InChI=1S/C12H16N2O2/c13-12(14-15)10-4-1-3-9(7-10)8-16-11-5-2-6-11/h1,3-4,7,11,15H,2,5-6,8H2,(H2,13,14). The molecule has 1 saturated carbocycles. The first-order valence-electron chi connectivity index (χ1n) is 5.48. The normalized spacial score (nSPS) is 17.1. The summed E-state index contributed by atoms with van der Waals surface area (Å²) in [7, 11) is 0. The third-order valence-electron chi connectivity index (χ3n) is 2.87. The number of rotatable bonds is 4. The maximum absolute atomic E-state index is 8.58. The summed E-state index contributed by atoms with van der Waals surface area (Å²) >= 11 is 0. The second kappa shape index (κ2) is 4.99. The van der Waals surface area contributed by atoms with E-state index in [2.05, 4.69) is 5.16 Å². The second-order valence-electron chi connectivity index (χ2n) is 4.05. The topological polar surface area (TPSA) is 67.8 Å². The average molecular weight is 220 g/mol. The van der Waals surface area contributed by atoms with E-state index >= 15 is 0 Å². The fourth-order valence-corrected chi connectivity index (χ4v) is 1.63. The van der Waals surface area contributed by atoms with Gasteiger partial charge in [0.05, 0.1) is 12.7 Å². The number of benzene rings is 1. The van der Waals surface area contributed by atoms with E-state index in [1.807, 2.05) is 24.3 Å². The van der Waals surface area contributed by atoms with Gasteiger partial charge in [-0.3, -0.25) is 0 Å². The molecule has 1 aromatic rings. The van der Waals surface area contributed by atoms with Crippen LogP contribution in [0.2, 0.25) is 0 Å². The van der Waals surface area contributed by atoms with Gasteiger partial charge < -0.3 is 15.7 Å². The highest BCUT2D eigenvalue weighted by Gasteiger charge is 2.17. The predicted molar refractivity (Wildman–Crippen MR) is 61.4 cm³/mol. The maximum Gasteiger partial charge on any atom is 0.170 e. The Bertz CT molecular complexity index is 386. The minimum Gasteiger partial charge on any atom is -0.409 e. The van der Waals surface area contributed by atoms with Gasteiger partial charge in [0.1, 0.15) is 0 Å². The Balaban J connectivity index is 1.98. The molecule has 0 radical (unpaired) electrons. The number of hydrogen-bond acceptors (Lipinski definition) is 3. The van der Waals surface area contributed by atoms with Gasteiger partial charge in [0, 0.05) is 5.56 Å². The van der Waals surface area contributed by atoms with Crippen molar-refractivity contribution in [1.29, 1.82) is 0 Å². The van der Waals surface area contributed by atoms with E-state index in [9.17, 15) is 0 Å². The van der Waals surface area contributed by atoms with Gasteiger partial charge in [-0.1, -0.05) is 23.4 Å². The van der Waals surface area contributed by atoms with Gasteiger partial charge in [0.2, 0.25) is 0 Å². The maximum atomic E-state index is 8.58. The Kier molecular flexibility index (Phi) is 3.41. The third kappa shape index (κ3) is 2.52. The van der Waals surface area contributed by atoms with Crippen LogP contribution >= 0.6 is 0 Å². The molecule has 1 fully saturated rings. The quantitative estimate of drug-likeness (QED) is 0.352. The molecule has 0 amide bonds. The lowest BCUT2D eigenvalue weighted by atomic mass is 9.96. The van der Waals surface area contributed by atoms with E-state index in [0.29, 0.717) is 12.7 Å². The molecule has 86 valence electrons. The number of nitrogens with zero attached hydrogens (tertiary/aromatic N) is 1. The third-order valence-corrected chi connectivity index (χ3v) is 2.87. The van der Waals surface area contributed by atoms with Crippen LogP contribution in [0.5, 0.6) is 0 Å². The van der Waals surface area contributed by atoms with Crippen molar-refractivity contribution in [2.24, 2.45) is 10.9 Å². The molecule has 1 aromatic carbocycles. The van der Waals surface area contributed by atoms with Crippen LogP contribution < -0.4 is 5.73 Å². The van der Waals surface area contributed by atoms with E-state index in [1.54, 1.807) is 0 Å². The van der Waals surface area contributed by atoms with Crippen molar-refractivity contribution < 1.29 is 9.94 Å². The van der Waals surface area contributed by atoms with Gasteiger partial charge in [-0.25, -0.2) is 0 Å². The van der Waals surface area contributed by atoms with Gasteiger partial charge in [-0.2, -0.15) is 0 Å². The van der Waals surface area contributed by atoms with Gasteiger partial charge in [0.15, 0.2) is 5.84 Å². The molecule has 0 unspecified atom stereocenters. The zero-order valence-electron chi connectivity index (χ0n) is 9.10. The van der Waals surface area contributed by atoms with Crippen molar-refractivity contribution in [2.45, 2.75) is 32.0 Å². The van der Waals surface area contributed by atoms with Crippen molar-refractivity contribution in [1.82, 2.24) is 0 Å². The van der Waals surface area contributed by atoms with Crippen LogP contribution in [0.15, 0.2) is 29.4 Å². The molecule has 1 aliphatic rings. The number of nitrogens with two attached hydrogens (primary N) is 1. The minimum atomic E-state index is 0.130. The van der Waals surface area contributed by atoms with Gasteiger partial charge in [0.25, 0.3) is 0 Å². The molecule has 0 saturated heterocycles. The van der Waals surface area contributed by atoms with Gasteiger partial charge >= 0.3 is 0 Å².